The van der Waals surface area contributed by atoms with Crippen molar-refractivity contribution in [2.45, 2.75) is 18.0 Å². The fourth-order valence-electron chi connectivity index (χ4n) is 2.26. The van der Waals surface area contributed by atoms with Crippen molar-refractivity contribution in [3.05, 3.63) is 53.9 Å². The molecule has 6 nitrogen and oxygen atoms in total. The van der Waals surface area contributed by atoms with E-state index in [0.29, 0.717) is 18.8 Å². The average Bonchev–Trinajstić information content (AvgIpc) is 2.51. The molecule has 21 heavy (non-hydrogen) atoms. The van der Waals surface area contributed by atoms with Crippen LogP contribution in [-0.2, 0) is 23.1 Å². The maximum absolute atomic E-state index is 11.9. The van der Waals surface area contributed by atoms with Crippen LogP contribution in [0.1, 0.15) is 11.3 Å². The number of para-hydroxylation sites is 1. The number of fused-ring (bicyclic) bond motifs is 1. The van der Waals surface area contributed by atoms with E-state index in [9.17, 15) is 8.42 Å². The topological polar surface area (TPSA) is 88.7 Å². The first-order valence-electron chi connectivity index (χ1n) is 6.41. The predicted octanol–water partition coefficient (Wildman–Crippen LogP) is 1.28. The number of nitrogens with zero attached hydrogens (tertiary/aromatic N) is 3. The first-order valence-corrected chi connectivity index (χ1v) is 7.85. The highest BCUT2D eigenvalue weighted by Crippen LogP contribution is 2.30. The molecule has 2 aromatic rings. The van der Waals surface area contributed by atoms with Crippen LogP contribution < -0.4 is 10.6 Å². The summed E-state index contributed by atoms with van der Waals surface area (Å²) in [5, 5.41) is 0. The minimum atomic E-state index is -3.60. The van der Waals surface area contributed by atoms with Crippen molar-refractivity contribution >= 4 is 22.0 Å². The van der Waals surface area contributed by atoms with Crippen LogP contribution in [0.25, 0.3) is 0 Å². The lowest BCUT2D eigenvalue weighted by Gasteiger charge is -2.25. The zero-order valence-electron chi connectivity index (χ0n) is 11.2. The van der Waals surface area contributed by atoms with E-state index in [1.807, 2.05) is 12.1 Å². The average molecular weight is 302 g/mol. The van der Waals surface area contributed by atoms with Crippen molar-refractivity contribution in [2.24, 2.45) is 10.1 Å². The van der Waals surface area contributed by atoms with Crippen molar-refractivity contribution in [3.8, 4) is 0 Å². The van der Waals surface area contributed by atoms with Gasteiger partial charge in [0.25, 0.3) is 10.0 Å². The Kier molecular flexibility index (Phi) is 3.44. The van der Waals surface area contributed by atoms with Crippen LogP contribution >= 0.6 is 0 Å². The predicted molar refractivity (Wildman–Crippen MR) is 80.4 cm³/mol. The van der Waals surface area contributed by atoms with Crippen LogP contribution in [0.2, 0.25) is 0 Å². The number of benzene rings is 1. The molecule has 0 aliphatic carbocycles. The van der Waals surface area contributed by atoms with Gasteiger partial charge in [-0.3, -0.25) is 4.98 Å². The molecule has 0 fully saturated rings. The molecule has 0 amide bonds. The zero-order valence-corrected chi connectivity index (χ0v) is 12.0. The van der Waals surface area contributed by atoms with Gasteiger partial charge in [-0.15, -0.1) is 4.40 Å². The molecule has 2 heterocycles. The Morgan fingerprint density at radius 3 is 2.76 bits per heavy atom. The van der Waals surface area contributed by atoms with Crippen LogP contribution in [0.15, 0.2) is 51.9 Å². The van der Waals surface area contributed by atoms with Gasteiger partial charge in [0, 0.05) is 12.7 Å². The van der Waals surface area contributed by atoms with Crippen molar-refractivity contribution < 1.29 is 8.42 Å². The first-order chi connectivity index (χ1) is 10.1. The fraction of sp³-hybridized carbons (Fsp3) is 0.143. The summed E-state index contributed by atoms with van der Waals surface area (Å²) in [6.07, 6.45) is 3.03. The summed E-state index contributed by atoms with van der Waals surface area (Å²) in [5.41, 5.74) is 8.03. The second kappa shape index (κ2) is 5.27. The van der Waals surface area contributed by atoms with Crippen LogP contribution in [0, 0.1) is 0 Å². The fourth-order valence-corrected chi connectivity index (χ4v) is 3.31. The zero-order chi connectivity index (χ0) is 14.9. The maximum atomic E-state index is 11.9. The SMILES string of the molecule is NCc1ncccc1CN1C=NS(=O)(=O)c2ccccc21. The summed E-state index contributed by atoms with van der Waals surface area (Å²) in [7, 11) is -3.60. The number of nitrogens with two attached hydrogens (primary N) is 1. The Hall–Kier alpha value is -2.25. The highest BCUT2D eigenvalue weighted by atomic mass is 32.2. The summed E-state index contributed by atoms with van der Waals surface area (Å²) in [6, 6.07) is 10.6. The molecule has 0 unspecified atom stereocenters. The third-order valence-electron chi connectivity index (χ3n) is 3.30. The lowest BCUT2D eigenvalue weighted by Crippen LogP contribution is -2.27. The lowest BCUT2D eigenvalue weighted by molar-refractivity contribution is 0.597. The molecular weight excluding hydrogens is 288 g/mol. The van der Waals surface area contributed by atoms with Crippen molar-refractivity contribution in [3.63, 3.8) is 0 Å². The second-order valence-corrected chi connectivity index (χ2v) is 6.21. The number of hydrogen-bond donors (Lipinski definition) is 1. The largest absolute Gasteiger partial charge is 0.326 e. The number of aromatic nitrogens is 1. The molecule has 3 rings (SSSR count). The van der Waals surface area contributed by atoms with Gasteiger partial charge < -0.3 is 10.6 Å². The minimum absolute atomic E-state index is 0.214. The third kappa shape index (κ3) is 2.53. The van der Waals surface area contributed by atoms with Crippen LogP contribution in [0.4, 0.5) is 5.69 Å². The molecule has 108 valence electrons. The van der Waals surface area contributed by atoms with Crippen molar-refractivity contribution in [1.29, 1.82) is 0 Å². The smallest absolute Gasteiger partial charge is 0.285 e. The summed E-state index contributed by atoms with van der Waals surface area (Å²) < 4.78 is 27.5. The standard InChI is InChI=1S/C14H14N4O2S/c15-8-12-11(4-3-7-16-12)9-18-10-17-21(19,20)14-6-2-1-5-13(14)18/h1-7,10H,8-9,15H2. The van der Waals surface area contributed by atoms with Gasteiger partial charge in [0.2, 0.25) is 0 Å². The van der Waals surface area contributed by atoms with Crippen LogP contribution in [0.5, 0.6) is 0 Å². The molecule has 1 aromatic carbocycles. The van der Waals surface area contributed by atoms with Gasteiger partial charge in [-0.25, -0.2) is 0 Å². The van der Waals surface area contributed by atoms with E-state index in [1.54, 1.807) is 35.4 Å². The molecule has 0 saturated heterocycles. The van der Waals surface area contributed by atoms with Crippen LogP contribution in [-0.4, -0.2) is 19.7 Å². The molecule has 0 radical (unpaired) electrons. The van der Waals surface area contributed by atoms with E-state index in [-0.39, 0.29) is 4.90 Å². The molecule has 0 atom stereocenters. The monoisotopic (exact) mass is 302 g/mol. The van der Waals surface area contributed by atoms with Gasteiger partial charge in [-0.2, -0.15) is 8.42 Å². The van der Waals surface area contributed by atoms with Gasteiger partial charge in [0.15, 0.2) is 0 Å². The Balaban J connectivity index is 2.01. The molecule has 7 heteroatoms. The Bertz CT molecular complexity index is 802. The van der Waals surface area contributed by atoms with E-state index < -0.39 is 10.0 Å². The Morgan fingerprint density at radius 2 is 1.95 bits per heavy atom. The van der Waals surface area contributed by atoms with E-state index >= 15 is 0 Å². The van der Waals surface area contributed by atoms with Crippen molar-refractivity contribution in [1.82, 2.24) is 4.98 Å². The Labute approximate surface area is 123 Å². The third-order valence-corrected chi connectivity index (χ3v) is 4.57. The maximum Gasteiger partial charge on any atom is 0.285 e. The van der Waals surface area contributed by atoms with Gasteiger partial charge in [-0.05, 0) is 23.8 Å². The minimum Gasteiger partial charge on any atom is -0.326 e. The molecule has 1 aliphatic rings. The number of hydrogen-bond acceptors (Lipinski definition) is 5. The molecule has 0 bridgehead atoms. The van der Waals surface area contributed by atoms with Crippen molar-refractivity contribution in [2.75, 3.05) is 4.90 Å². The molecule has 1 aromatic heterocycles. The molecule has 2 N–H and O–H groups in total. The summed E-state index contributed by atoms with van der Waals surface area (Å²) in [5.74, 6) is 0. The van der Waals surface area contributed by atoms with Gasteiger partial charge in [0.05, 0.1) is 17.9 Å². The quantitative estimate of drug-likeness (QED) is 0.922. The number of anilines is 1. The number of rotatable bonds is 3. The normalized spacial score (nSPS) is 15.8. The van der Waals surface area contributed by atoms with E-state index in [4.69, 9.17) is 5.73 Å². The highest BCUT2D eigenvalue weighted by molar-refractivity contribution is 7.90. The van der Waals surface area contributed by atoms with E-state index in [1.165, 1.54) is 6.34 Å². The summed E-state index contributed by atoms with van der Waals surface area (Å²) >= 11 is 0. The number of sulfonamides is 1. The molecule has 0 spiro atoms. The van der Waals surface area contributed by atoms with Gasteiger partial charge in [-0.1, -0.05) is 18.2 Å². The van der Waals surface area contributed by atoms with Gasteiger partial charge >= 0.3 is 0 Å². The molecule has 1 aliphatic heterocycles. The molecular formula is C14H14N4O2S. The second-order valence-electron chi connectivity index (χ2n) is 4.60. The first kappa shape index (κ1) is 13.7. The number of pyridine rings is 1. The van der Waals surface area contributed by atoms with E-state index in [0.717, 1.165) is 11.3 Å². The molecule has 0 saturated carbocycles. The van der Waals surface area contributed by atoms with Crippen LogP contribution in [0.3, 0.4) is 0 Å². The van der Waals surface area contributed by atoms with E-state index in [2.05, 4.69) is 9.38 Å². The Morgan fingerprint density at radius 1 is 1.14 bits per heavy atom. The summed E-state index contributed by atoms with van der Waals surface area (Å²) in [4.78, 5) is 6.23. The highest BCUT2D eigenvalue weighted by Gasteiger charge is 2.25. The lowest BCUT2D eigenvalue weighted by atomic mass is 10.1. The van der Waals surface area contributed by atoms with Gasteiger partial charge in [0.1, 0.15) is 11.2 Å². The summed E-state index contributed by atoms with van der Waals surface area (Å²) in [6.45, 7) is 0.803.